The van der Waals surface area contributed by atoms with Gasteiger partial charge in [-0.2, -0.15) is 0 Å². The van der Waals surface area contributed by atoms with Crippen LogP contribution in [0.3, 0.4) is 0 Å². The molecule has 1 unspecified atom stereocenters. The molecule has 0 aliphatic carbocycles. The molecular formula is C21H28N4O3S. The molecule has 0 saturated heterocycles. The summed E-state index contributed by atoms with van der Waals surface area (Å²) in [6, 6.07) is 8.59. The van der Waals surface area contributed by atoms with Crippen LogP contribution in [0.15, 0.2) is 41.4 Å². The van der Waals surface area contributed by atoms with Crippen molar-refractivity contribution in [2.75, 3.05) is 13.2 Å². The molecule has 29 heavy (non-hydrogen) atoms. The number of nitrogens with zero attached hydrogens (tertiary/aromatic N) is 2. The number of ether oxygens (including phenoxy) is 1. The van der Waals surface area contributed by atoms with E-state index in [0.29, 0.717) is 19.6 Å². The van der Waals surface area contributed by atoms with Gasteiger partial charge in [-0.05, 0) is 44.0 Å². The van der Waals surface area contributed by atoms with Crippen LogP contribution in [0.2, 0.25) is 0 Å². The predicted molar refractivity (Wildman–Crippen MR) is 113 cm³/mol. The van der Waals surface area contributed by atoms with E-state index in [4.69, 9.17) is 4.74 Å². The summed E-state index contributed by atoms with van der Waals surface area (Å²) in [4.78, 5) is 12.4. The molecule has 1 atom stereocenters. The summed E-state index contributed by atoms with van der Waals surface area (Å²) in [5, 5.41) is 0. The minimum Gasteiger partial charge on any atom is -0.380 e. The molecule has 0 bridgehead atoms. The number of fused-ring (bicyclic) bond motifs is 1. The van der Waals surface area contributed by atoms with Gasteiger partial charge in [0.1, 0.15) is 11.3 Å². The van der Waals surface area contributed by atoms with Crippen LogP contribution in [0, 0.1) is 6.92 Å². The first-order valence-corrected chi connectivity index (χ1v) is 11.4. The fourth-order valence-electron chi connectivity index (χ4n) is 3.29. The predicted octanol–water partition coefficient (Wildman–Crippen LogP) is 3.34. The van der Waals surface area contributed by atoms with Crippen LogP contribution in [-0.4, -0.2) is 42.6 Å². The Morgan fingerprint density at radius 3 is 2.62 bits per heavy atom. The maximum atomic E-state index is 12.7. The minimum atomic E-state index is -3.60. The van der Waals surface area contributed by atoms with Gasteiger partial charge in [-0.1, -0.05) is 25.5 Å². The van der Waals surface area contributed by atoms with Crippen LogP contribution in [0.5, 0.6) is 0 Å². The maximum absolute atomic E-state index is 12.7. The lowest BCUT2D eigenvalue weighted by molar-refractivity contribution is 0.126. The normalized spacial score (nSPS) is 13.1. The molecule has 0 saturated carbocycles. The first kappa shape index (κ1) is 21.4. The van der Waals surface area contributed by atoms with E-state index in [-0.39, 0.29) is 10.9 Å². The number of H-pyrrole nitrogens is 1. The highest BCUT2D eigenvalue weighted by molar-refractivity contribution is 7.89. The number of sulfonamides is 1. The molecule has 8 heteroatoms. The molecule has 0 radical (unpaired) electrons. The fraction of sp³-hybridized carbons (Fsp3) is 0.429. The van der Waals surface area contributed by atoms with E-state index in [9.17, 15) is 8.42 Å². The van der Waals surface area contributed by atoms with Crippen LogP contribution >= 0.6 is 0 Å². The highest BCUT2D eigenvalue weighted by Crippen LogP contribution is 2.19. The highest BCUT2D eigenvalue weighted by Gasteiger charge is 2.20. The summed E-state index contributed by atoms with van der Waals surface area (Å²) < 4.78 is 33.6. The van der Waals surface area contributed by atoms with Gasteiger partial charge in [-0.15, -0.1) is 0 Å². The molecule has 0 fully saturated rings. The second-order valence-electron chi connectivity index (χ2n) is 7.06. The first-order valence-electron chi connectivity index (χ1n) is 9.92. The molecule has 2 N–H and O–H groups in total. The Morgan fingerprint density at radius 1 is 1.17 bits per heavy atom. The van der Waals surface area contributed by atoms with Gasteiger partial charge in [0, 0.05) is 25.3 Å². The third-order valence-electron chi connectivity index (χ3n) is 4.68. The lowest BCUT2D eigenvalue weighted by Crippen LogP contribution is -2.38. The zero-order chi connectivity index (χ0) is 20.9. The van der Waals surface area contributed by atoms with Crippen molar-refractivity contribution >= 4 is 21.1 Å². The summed E-state index contributed by atoms with van der Waals surface area (Å²) in [6.45, 7) is 6.77. The van der Waals surface area contributed by atoms with Crippen molar-refractivity contribution in [3.63, 3.8) is 0 Å². The molecule has 156 valence electrons. The van der Waals surface area contributed by atoms with Crippen molar-refractivity contribution in [2.45, 2.75) is 51.0 Å². The Hall–Kier alpha value is -2.29. The van der Waals surface area contributed by atoms with Crippen molar-refractivity contribution in [1.29, 1.82) is 0 Å². The molecule has 1 aromatic carbocycles. The van der Waals surface area contributed by atoms with Gasteiger partial charge >= 0.3 is 0 Å². The highest BCUT2D eigenvalue weighted by atomic mass is 32.2. The standard InChI is InChI=1S/C21H28N4O3S/c1-4-6-17(14-28-5-2)25-29(26,27)18-9-7-16(8-10-18)13-20-21-19(11-12-22-20)23-15(3)24-21/h7-12,17,25H,4-6,13-14H2,1-3H3,(H,23,24). The van der Waals surface area contributed by atoms with Crippen LogP contribution in [0.25, 0.3) is 11.0 Å². The van der Waals surface area contributed by atoms with Gasteiger partial charge in [0.25, 0.3) is 0 Å². The molecule has 2 aromatic heterocycles. The number of nitrogens with one attached hydrogen (secondary N) is 2. The van der Waals surface area contributed by atoms with Crippen LogP contribution in [-0.2, 0) is 21.2 Å². The second-order valence-corrected chi connectivity index (χ2v) is 8.78. The lowest BCUT2D eigenvalue weighted by Gasteiger charge is -2.18. The Kier molecular flexibility index (Phi) is 7.00. The molecule has 0 amide bonds. The average Bonchev–Trinajstić information content (AvgIpc) is 3.08. The quantitative estimate of drug-likeness (QED) is 0.528. The molecule has 0 aliphatic rings. The number of aromatic nitrogens is 3. The Bertz CT molecular complexity index is 1050. The van der Waals surface area contributed by atoms with E-state index >= 15 is 0 Å². The Morgan fingerprint density at radius 2 is 1.93 bits per heavy atom. The number of aryl methyl sites for hydroxylation is 1. The molecular weight excluding hydrogens is 388 g/mol. The van der Waals surface area contributed by atoms with Crippen LogP contribution in [0.4, 0.5) is 0 Å². The lowest BCUT2D eigenvalue weighted by atomic mass is 10.1. The van der Waals surface area contributed by atoms with Gasteiger partial charge in [-0.3, -0.25) is 4.98 Å². The smallest absolute Gasteiger partial charge is 0.240 e. The number of imidazole rings is 1. The third-order valence-corrected chi connectivity index (χ3v) is 6.22. The van der Waals surface area contributed by atoms with Crippen molar-refractivity contribution in [3.8, 4) is 0 Å². The van der Waals surface area contributed by atoms with E-state index in [0.717, 1.165) is 41.0 Å². The van der Waals surface area contributed by atoms with Crippen molar-refractivity contribution < 1.29 is 13.2 Å². The monoisotopic (exact) mass is 416 g/mol. The number of rotatable bonds is 10. The summed E-state index contributed by atoms with van der Waals surface area (Å²) in [5.41, 5.74) is 3.64. The first-order chi connectivity index (χ1) is 13.9. The van der Waals surface area contributed by atoms with E-state index in [2.05, 4.69) is 19.7 Å². The average molecular weight is 417 g/mol. The van der Waals surface area contributed by atoms with E-state index in [1.165, 1.54) is 0 Å². The number of benzene rings is 1. The number of hydrogen-bond acceptors (Lipinski definition) is 5. The van der Waals surface area contributed by atoms with Crippen molar-refractivity contribution in [3.05, 3.63) is 53.6 Å². The zero-order valence-electron chi connectivity index (χ0n) is 17.1. The molecule has 2 heterocycles. The second kappa shape index (κ2) is 9.47. The van der Waals surface area contributed by atoms with Gasteiger partial charge in [0.05, 0.1) is 22.7 Å². The van der Waals surface area contributed by atoms with E-state index in [1.54, 1.807) is 18.3 Å². The molecule has 3 rings (SSSR count). The topological polar surface area (TPSA) is 97.0 Å². The van der Waals surface area contributed by atoms with Gasteiger partial charge in [0.15, 0.2) is 0 Å². The zero-order valence-corrected chi connectivity index (χ0v) is 17.9. The summed E-state index contributed by atoms with van der Waals surface area (Å²) >= 11 is 0. The molecule has 7 nitrogen and oxygen atoms in total. The van der Waals surface area contributed by atoms with Crippen molar-refractivity contribution in [2.24, 2.45) is 0 Å². The largest absolute Gasteiger partial charge is 0.380 e. The van der Waals surface area contributed by atoms with E-state index in [1.807, 2.05) is 39.0 Å². The number of pyridine rings is 1. The minimum absolute atomic E-state index is 0.227. The number of aromatic amines is 1. The third kappa shape index (κ3) is 5.41. The molecule has 3 aromatic rings. The summed E-state index contributed by atoms with van der Waals surface area (Å²) in [5.74, 6) is 0.843. The Labute approximate surface area is 172 Å². The summed E-state index contributed by atoms with van der Waals surface area (Å²) in [6.07, 6.45) is 3.95. The van der Waals surface area contributed by atoms with Crippen molar-refractivity contribution in [1.82, 2.24) is 19.7 Å². The van der Waals surface area contributed by atoms with Crippen LogP contribution in [0.1, 0.15) is 43.8 Å². The molecule has 0 spiro atoms. The van der Waals surface area contributed by atoms with E-state index < -0.39 is 10.0 Å². The maximum Gasteiger partial charge on any atom is 0.240 e. The van der Waals surface area contributed by atoms with Gasteiger partial charge < -0.3 is 9.72 Å². The molecule has 0 aliphatic heterocycles. The van der Waals surface area contributed by atoms with Gasteiger partial charge in [0.2, 0.25) is 10.0 Å². The Balaban J connectivity index is 1.74. The fourth-order valence-corrected chi connectivity index (χ4v) is 4.55. The summed E-state index contributed by atoms with van der Waals surface area (Å²) in [7, 11) is -3.60. The SMILES string of the molecule is CCCC(COCC)NS(=O)(=O)c1ccc(Cc2nccc3[nH]c(C)nc23)cc1. The van der Waals surface area contributed by atoms with Gasteiger partial charge in [-0.25, -0.2) is 18.1 Å². The number of hydrogen-bond donors (Lipinski definition) is 2. The van der Waals surface area contributed by atoms with Crippen LogP contribution < -0.4 is 4.72 Å².